The third-order valence-electron chi connectivity index (χ3n) is 3.29. The molecule has 2 aromatic carbocycles. The molecule has 0 atom stereocenters. The van der Waals surface area contributed by atoms with Gasteiger partial charge in [0.2, 0.25) is 0 Å². The largest absolute Gasteiger partial charge is 0.507 e. The summed E-state index contributed by atoms with van der Waals surface area (Å²) in [6.07, 6.45) is 0. The third kappa shape index (κ3) is 3.83. The van der Waals surface area contributed by atoms with Crippen LogP contribution in [0, 0.1) is 6.92 Å². The van der Waals surface area contributed by atoms with Crippen LogP contribution in [0.4, 0.5) is 0 Å². The summed E-state index contributed by atoms with van der Waals surface area (Å²) >= 11 is 0. The molecule has 1 amide bonds. The van der Waals surface area contributed by atoms with E-state index in [1.807, 2.05) is 43.3 Å². The van der Waals surface area contributed by atoms with Crippen LogP contribution in [0.1, 0.15) is 21.5 Å². The Bertz CT molecular complexity index is 611. The van der Waals surface area contributed by atoms with Gasteiger partial charge in [-0.15, -0.1) is 0 Å². The Labute approximate surface area is 124 Å². The van der Waals surface area contributed by atoms with Gasteiger partial charge in [-0.3, -0.25) is 4.79 Å². The minimum absolute atomic E-state index is 0.00934. The predicted molar refractivity (Wildman–Crippen MR) is 83.1 cm³/mol. The van der Waals surface area contributed by atoms with Crippen LogP contribution < -0.4 is 5.73 Å². The van der Waals surface area contributed by atoms with Crippen LogP contribution in [0.3, 0.4) is 0 Å². The first-order valence-electron chi connectivity index (χ1n) is 6.94. The standard InChI is InChI=1S/C17H20N2O2/c1-13-7-8-15(16(20)11-13)17(21)19(10-9-18)12-14-5-3-2-4-6-14/h2-8,11,20H,9-10,12,18H2,1H3. The van der Waals surface area contributed by atoms with Crippen LogP contribution in [0.15, 0.2) is 48.5 Å². The summed E-state index contributed by atoms with van der Waals surface area (Å²) in [6, 6.07) is 14.8. The molecule has 0 aromatic heterocycles. The van der Waals surface area contributed by atoms with E-state index in [4.69, 9.17) is 5.73 Å². The van der Waals surface area contributed by atoms with Crippen molar-refractivity contribution in [2.75, 3.05) is 13.1 Å². The molecule has 0 heterocycles. The molecule has 0 saturated carbocycles. The number of rotatable bonds is 5. The summed E-state index contributed by atoms with van der Waals surface area (Å²) in [6.45, 7) is 3.17. The Hall–Kier alpha value is -2.33. The summed E-state index contributed by atoms with van der Waals surface area (Å²) in [7, 11) is 0. The monoisotopic (exact) mass is 284 g/mol. The van der Waals surface area contributed by atoms with Crippen molar-refractivity contribution in [3.8, 4) is 5.75 Å². The number of phenols is 1. The van der Waals surface area contributed by atoms with Crippen molar-refractivity contribution in [2.24, 2.45) is 5.73 Å². The first-order chi connectivity index (χ1) is 10.1. The van der Waals surface area contributed by atoms with Gasteiger partial charge in [-0.05, 0) is 30.2 Å². The van der Waals surface area contributed by atoms with Crippen molar-refractivity contribution in [2.45, 2.75) is 13.5 Å². The SMILES string of the molecule is Cc1ccc(C(=O)N(CCN)Cc2ccccc2)c(O)c1. The molecular formula is C17H20N2O2. The van der Waals surface area contributed by atoms with Gasteiger partial charge in [0.05, 0.1) is 5.56 Å². The highest BCUT2D eigenvalue weighted by molar-refractivity contribution is 5.96. The molecule has 4 nitrogen and oxygen atoms in total. The van der Waals surface area contributed by atoms with Gasteiger partial charge >= 0.3 is 0 Å². The number of benzene rings is 2. The summed E-state index contributed by atoms with van der Waals surface area (Å²) in [5.41, 5.74) is 7.86. The molecule has 0 saturated heterocycles. The van der Waals surface area contributed by atoms with Crippen LogP contribution in [0.25, 0.3) is 0 Å². The summed E-state index contributed by atoms with van der Waals surface area (Å²) in [5, 5.41) is 9.97. The Morgan fingerprint density at radius 3 is 2.52 bits per heavy atom. The minimum Gasteiger partial charge on any atom is -0.507 e. The predicted octanol–water partition coefficient (Wildman–Crippen LogP) is 2.30. The van der Waals surface area contributed by atoms with Crippen molar-refractivity contribution < 1.29 is 9.90 Å². The molecule has 0 aliphatic carbocycles. The maximum absolute atomic E-state index is 12.6. The summed E-state index contributed by atoms with van der Waals surface area (Å²) < 4.78 is 0. The van der Waals surface area contributed by atoms with Gasteiger partial charge in [0.1, 0.15) is 5.75 Å². The smallest absolute Gasteiger partial charge is 0.257 e. The van der Waals surface area contributed by atoms with Crippen LogP contribution in [0.2, 0.25) is 0 Å². The zero-order valence-electron chi connectivity index (χ0n) is 12.1. The number of aromatic hydroxyl groups is 1. The number of amides is 1. The van der Waals surface area contributed by atoms with E-state index in [1.165, 1.54) is 0 Å². The lowest BCUT2D eigenvalue weighted by Crippen LogP contribution is -2.34. The van der Waals surface area contributed by atoms with E-state index in [2.05, 4.69) is 0 Å². The lowest BCUT2D eigenvalue weighted by atomic mass is 10.1. The Kier molecular flexibility index (Phi) is 4.95. The van der Waals surface area contributed by atoms with Crippen LogP contribution in [-0.2, 0) is 6.54 Å². The quantitative estimate of drug-likeness (QED) is 0.885. The van der Waals surface area contributed by atoms with Gasteiger partial charge in [0, 0.05) is 19.6 Å². The fourth-order valence-corrected chi connectivity index (χ4v) is 2.20. The zero-order valence-corrected chi connectivity index (χ0v) is 12.1. The van der Waals surface area contributed by atoms with E-state index in [0.29, 0.717) is 25.2 Å². The highest BCUT2D eigenvalue weighted by atomic mass is 16.3. The molecule has 0 bridgehead atoms. The number of nitrogens with two attached hydrogens (primary N) is 1. The van der Waals surface area contributed by atoms with Crippen molar-refractivity contribution >= 4 is 5.91 Å². The number of hydrogen-bond donors (Lipinski definition) is 2. The second-order valence-corrected chi connectivity index (χ2v) is 5.02. The van der Waals surface area contributed by atoms with Crippen molar-refractivity contribution in [3.63, 3.8) is 0 Å². The Balaban J connectivity index is 2.23. The molecule has 4 heteroatoms. The molecule has 21 heavy (non-hydrogen) atoms. The summed E-state index contributed by atoms with van der Waals surface area (Å²) in [4.78, 5) is 14.2. The normalized spacial score (nSPS) is 10.4. The molecule has 2 rings (SSSR count). The zero-order chi connectivity index (χ0) is 15.2. The number of nitrogens with zero attached hydrogens (tertiary/aromatic N) is 1. The van der Waals surface area contributed by atoms with Gasteiger partial charge in [-0.25, -0.2) is 0 Å². The summed E-state index contributed by atoms with van der Waals surface area (Å²) in [5.74, 6) is -0.197. The highest BCUT2D eigenvalue weighted by Crippen LogP contribution is 2.21. The van der Waals surface area contributed by atoms with Crippen LogP contribution in [0.5, 0.6) is 5.75 Å². The average molecular weight is 284 g/mol. The molecule has 0 radical (unpaired) electrons. The topological polar surface area (TPSA) is 66.6 Å². The number of hydrogen-bond acceptors (Lipinski definition) is 3. The lowest BCUT2D eigenvalue weighted by Gasteiger charge is -2.22. The van der Waals surface area contributed by atoms with Crippen molar-refractivity contribution in [3.05, 3.63) is 65.2 Å². The van der Waals surface area contributed by atoms with Gasteiger partial charge in [0.15, 0.2) is 0 Å². The van der Waals surface area contributed by atoms with Gasteiger partial charge in [-0.1, -0.05) is 36.4 Å². The minimum atomic E-state index is -0.207. The van der Waals surface area contributed by atoms with Crippen LogP contribution in [-0.4, -0.2) is 29.0 Å². The van der Waals surface area contributed by atoms with Gasteiger partial charge in [0.25, 0.3) is 5.91 Å². The molecule has 0 unspecified atom stereocenters. The second kappa shape index (κ2) is 6.90. The molecule has 0 aliphatic rings. The number of carbonyl (C=O) groups is 1. The third-order valence-corrected chi connectivity index (χ3v) is 3.29. The van der Waals surface area contributed by atoms with E-state index >= 15 is 0 Å². The maximum Gasteiger partial charge on any atom is 0.257 e. The number of carbonyl (C=O) groups excluding carboxylic acids is 1. The fourth-order valence-electron chi connectivity index (χ4n) is 2.20. The number of aryl methyl sites for hydroxylation is 1. The maximum atomic E-state index is 12.6. The Morgan fingerprint density at radius 1 is 1.19 bits per heavy atom. The molecule has 0 aliphatic heterocycles. The molecule has 0 fully saturated rings. The van der Waals surface area contributed by atoms with E-state index < -0.39 is 0 Å². The van der Waals surface area contributed by atoms with Gasteiger partial charge in [-0.2, -0.15) is 0 Å². The van der Waals surface area contributed by atoms with E-state index in [9.17, 15) is 9.90 Å². The van der Waals surface area contributed by atoms with E-state index in [-0.39, 0.29) is 11.7 Å². The fraction of sp³-hybridized carbons (Fsp3) is 0.235. The van der Waals surface area contributed by atoms with E-state index in [0.717, 1.165) is 11.1 Å². The van der Waals surface area contributed by atoms with E-state index in [1.54, 1.807) is 17.0 Å². The Morgan fingerprint density at radius 2 is 1.90 bits per heavy atom. The molecule has 0 spiro atoms. The molecule has 2 aromatic rings. The molecule has 110 valence electrons. The van der Waals surface area contributed by atoms with Crippen molar-refractivity contribution in [1.82, 2.24) is 4.90 Å². The second-order valence-electron chi connectivity index (χ2n) is 5.02. The number of phenolic OH excluding ortho intramolecular Hbond substituents is 1. The van der Waals surface area contributed by atoms with Crippen LogP contribution >= 0.6 is 0 Å². The van der Waals surface area contributed by atoms with Crippen molar-refractivity contribution in [1.29, 1.82) is 0 Å². The first-order valence-corrected chi connectivity index (χ1v) is 6.94. The highest BCUT2D eigenvalue weighted by Gasteiger charge is 2.18. The first kappa shape index (κ1) is 15.1. The van der Waals surface area contributed by atoms with Gasteiger partial charge < -0.3 is 15.7 Å². The lowest BCUT2D eigenvalue weighted by molar-refractivity contribution is 0.0745. The molecule has 3 N–H and O–H groups in total. The average Bonchev–Trinajstić information content (AvgIpc) is 2.47. The molecular weight excluding hydrogens is 264 g/mol.